The molecule has 0 fully saturated rings. The van der Waals surface area contributed by atoms with Crippen molar-refractivity contribution in [2.75, 3.05) is 6.54 Å². The van der Waals surface area contributed by atoms with E-state index in [0.29, 0.717) is 13.1 Å². The zero-order valence-electron chi connectivity index (χ0n) is 8.06. The number of furan rings is 1. The van der Waals surface area contributed by atoms with Gasteiger partial charge >= 0.3 is 0 Å². The van der Waals surface area contributed by atoms with Gasteiger partial charge in [-0.15, -0.1) is 5.10 Å². The molecule has 0 amide bonds. The largest absolute Gasteiger partial charge is 0.452 e. The van der Waals surface area contributed by atoms with Gasteiger partial charge in [-0.25, -0.2) is 4.68 Å². The topological polar surface area (TPSA) is 69.9 Å². The zero-order chi connectivity index (χ0) is 10.7. The molecule has 0 spiro atoms. The molecule has 2 aromatic rings. The molecule has 0 radical (unpaired) electrons. The van der Waals surface area contributed by atoms with E-state index in [0.717, 1.165) is 22.5 Å². The third kappa shape index (κ3) is 2.66. The van der Waals surface area contributed by atoms with Crippen molar-refractivity contribution in [1.29, 1.82) is 0 Å². The molecule has 15 heavy (non-hydrogen) atoms. The van der Waals surface area contributed by atoms with Crippen molar-refractivity contribution >= 4 is 15.9 Å². The standard InChI is InChI=1S/C9H11BrN4O/c10-9-2-1-8(15-9)6-14-5-7(3-4-11)12-13-14/h1-2,5H,3-4,6,11H2. The van der Waals surface area contributed by atoms with Crippen molar-refractivity contribution in [1.82, 2.24) is 15.0 Å². The van der Waals surface area contributed by atoms with Gasteiger partial charge in [0.1, 0.15) is 12.3 Å². The third-order valence-corrected chi connectivity index (χ3v) is 2.36. The summed E-state index contributed by atoms with van der Waals surface area (Å²) in [5.41, 5.74) is 6.33. The molecule has 0 bridgehead atoms. The minimum atomic E-state index is 0.586. The lowest BCUT2D eigenvalue weighted by Gasteiger charge is -1.94. The van der Waals surface area contributed by atoms with Crippen molar-refractivity contribution < 1.29 is 4.42 Å². The van der Waals surface area contributed by atoms with Crippen LogP contribution in [-0.2, 0) is 13.0 Å². The fourth-order valence-electron chi connectivity index (χ4n) is 1.27. The molecule has 2 heterocycles. The van der Waals surface area contributed by atoms with Crippen LogP contribution in [0.4, 0.5) is 0 Å². The molecule has 6 heteroatoms. The van der Waals surface area contributed by atoms with E-state index in [4.69, 9.17) is 10.2 Å². The lowest BCUT2D eigenvalue weighted by atomic mass is 10.3. The first-order valence-corrected chi connectivity index (χ1v) is 5.40. The number of rotatable bonds is 4. The van der Waals surface area contributed by atoms with E-state index >= 15 is 0 Å². The van der Waals surface area contributed by atoms with Crippen LogP contribution in [0.15, 0.2) is 27.4 Å². The van der Waals surface area contributed by atoms with Gasteiger partial charge in [0.2, 0.25) is 0 Å². The number of hydrogen-bond donors (Lipinski definition) is 1. The molecule has 0 aliphatic heterocycles. The molecule has 0 saturated carbocycles. The first kappa shape index (κ1) is 10.4. The molecule has 0 aliphatic carbocycles. The number of halogens is 1. The second-order valence-electron chi connectivity index (χ2n) is 3.15. The molecule has 0 saturated heterocycles. The molecule has 0 atom stereocenters. The highest BCUT2D eigenvalue weighted by atomic mass is 79.9. The Labute approximate surface area is 95.4 Å². The Morgan fingerprint density at radius 1 is 1.47 bits per heavy atom. The van der Waals surface area contributed by atoms with Crippen LogP contribution in [0.2, 0.25) is 0 Å². The van der Waals surface area contributed by atoms with Crippen LogP contribution in [0, 0.1) is 0 Å². The van der Waals surface area contributed by atoms with Gasteiger partial charge in [-0.3, -0.25) is 0 Å². The Morgan fingerprint density at radius 3 is 3.00 bits per heavy atom. The van der Waals surface area contributed by atoms with Crippen molar-refractivity contribution in [3.63, 3.8) is 0 Å². The van der Waals surface area contributed by atoms with Gasteiger partial charge in [-0.05, 0) is 34.6 Å². The molecule has 2 rings (SSSR count). The maximum absolute atomic E-state index is 5.42. The second-order valence-corrected chi connectivity index (χ2v) is 3.93. The average Bonchev–Trinajstić information content (AvgIpc) is 2.78. The molecule has 2 aromatic heterocycles. The summed E-state index contributed by atoms with van der Waals surface area (Å²) in [6, 6.07) is 3.75. The summed E-state index contributed by atoms with van der Waals surface area (Å²) in [4.78, 5) is 0. The van der Waals surface area contributed by atoms with Crippen molar-refractivity contribution in [3.05, 3.63) is 34.5 Å². The number of nitrogens with zero attached hydrogens (tertiary/aromatic N) is 3. The summed E-state index contributed by atoms with van der Waals surface area (Å²) in [7, 11) is 0. The zero-order valence-corrected chi connectivity index (χ0v) is 9.64. The fourth-order valence-corrected chi connectivity index (χ4v) is 1.61. The van der Waals surface area contributed by atoms with E-state index in [-0.39, 0.29) is 0 Å². The second kappa shape index (κ2) is 4.59. The van der Waals surface area contributed by atoms with Gasteiger partial charge in [0.25, 0.3) is 0 Å². The van der Waals surface area contributed by atoms with E-state index < -0.39 is 0 Å². The summed E-state index contributed by atoms with van der Waals surface area (Å²) in [5, 5.41) is 7.96. The van der Waals surface area contributed by atoms with Gasteiger partial charge in [-0.1, -0.05) is 5.21 Å². The highest BCUT2D eigenvalue weighted by molar-refractivity contribution is 9.10. The summed E-state index contributed by atoms with van der Waals surface area (Å²) < 4.78 is 7.81. The number of aromatic nitrogens is 3. The maximum Gasteiger partial charge on any atom is 0.169 e. The molecule has 80 valence electrons. The normalized spacial score (nSPS) is 10.8. The predicted octanol–water partition coefficient (Wildman–Crippen LogP) is 1.18. The number of nitrogens with two attached hydrogens (primary N) is 1. The van der Waals surface area contributed by atoms with E-state index in [2.05, 4.69) is 26.2 Å². The van der Waals surface area contributed by atoms with Crippen LogP contribution in [0.3, 0.4) is 0 Å². The highest BCUT2D eigenvalue weighted by Gasteiger charge is 2.03. The van der Waals surface area contributed by atoms with E-state index in [1.54, 1.807) is 4.68 Å². The summed E-state index contributed by atoms with van der Waals surface area (Å²) in [5.74, 6) is 0.839. The quantitative estimate of drug-likeness (QED) is 0.906. The first-order valence-electron chi connectivity index (χ1n) is 4.61. The molecule has 0 unspecified atom stereocenters. The van der Waals surface area contributed by atoms with Crippen molar-refractivity contribution in [3.8, 4) is 0 Å². The predicted molar refractivity (Wildman–Crippen MR) is 58.3 cm³/mol. The van der Waals surface area contributed by atoms with Crippen molar-refractivity contribution in [2.24, 2.45) is 5.73 Å². The minimum absolute atomic E-state index is 0.586. The molecular formula is C9H11BrN4O. The van der Waals surface area contributed by atoms with Crippen LogP contribution in [0.25, 0.3) is 0 Å². The van der Waals surface area contributed by atoms with Crippen molar-refractivity contribution in [2.45, 2.75) is 13.0 Å². The molecule has 0 aromatic carbocycles. The smallest absolute Gasteiger partial charge is 0.169 e. The third-order valence-electron chi connectivity index (χ3n) is 1.93. The Kier molecular flexibility index (Phi) is 3.17. The Bertz CT molecular complexity index is 437. The van der Waals surface area contributed by atoms with Gasteiger partial charge in [0.05, 0.1) is 5.69 Å². The molecule has 2 N–H and O–H groups in total. The van der Waals surface area contributed by atoms with Gasteiger partial charge < -0.3 is 10.2 Å². The first-order chi connectivity index (χ1) is 7.28. The van der Waals surface area contributed by atoms with E-state index in [1.165, 1.54) is 0 Å². The van der Waals surface area contributed by atoms with Crippen LogP contribution in [-0.4, -0.2) is 21.5 Å². The average molecular weight is 271 g/mol. The maximum atomic E-state index is 5.42. The van der Waals surface area contributed by atoms with Crippen LogP contribution >= 0.6 is 15.9 Å². The van der Waals surface area contributed by atoms with E-state index in [9.17, 15) is 0 Å². The minimum Gasteiger partial charge on any atom is -0.452 e. The van der Waals surface area contributed by atoms with Crippen LogP contribution < -0.4 is 5.73 Å². The van der Waals surface area contributed by atoms with Crippen LogP contribution in [0.5, 0.6) is 0 Å². The monoisotopic (exact) mass is 270 g/mol. The summed E-state index contributed by atoms with van der Waals surface area (Å²) >= 11 is 3.25. The van der Waals surface area contributed by atoms with Crippen LogP contribution in [0.1, 0.15) is 11.5 Å². The van der Waals surface area contributed by atoms with Gasteiger partial charge in [0, 0.05) is 12.6 Å². The molecule has 5 nitrogen and oxygen atoms in total. The highest BCUT2D eigenvalue weighted by Crippen LogP contribution is 2.14. The lowest BCUT2D eigenvalue weighted by Crippen LogP contribution is -2.02. The number of hydrogen-bond acceptors (Lipinski definition) is 4. The summed E-state index contributed by atoms with van der Waals surface area (Å²) in [6.07, 6.45) is 2.63. The summed E-state index contributed by atoms with van der Waals surface area (Å²) in [6.45, 7) is 1.17. The Balaban J connectivity index is 2.04. The lowest BCUT2D eigenvalue weighted by molar-refractivity contribution is 0.459. The van der Waals surface area contributed by atoms with E-state index in [1.807, 2.05) is 18.3 Å². The van der Waals surface area contributed by atoms with Gasteiger partial charge in [-0.2, -0.15) is 0 Å². The molecule has 0 aliphatic rings. The Morgan fingerprint density at radius 2 is 2.33 bits per heavy atom. The van der Waals surface area contributed by atoms with Gasteiger partial charge in [0.15, 0.2) is 4.67 Å². The molecular weight excluding hydrogens is 260 g/mol. The SMILES string of the molecule is NCCc1cn(Cc2ccc(Br)o2)nn1. The fraction of sp³-hybridized carbons (Fsp3) is 0.333. The Hall–Kier alpha value is -1.14.